The SMILES string of the molecule is CC(N)C(=O)NCCCN(C)c1ccccc1F.Cl. The molecule has 0 saturated carbocycles. The number of benzene rings is 1. The van der Waals surface area contributed by atoms with Crippen LogP contribution in [-0.4, -0.2) is 32.1 Å². The van der Waals surface area contributed by atoms with Gasteiger partial charge in [-0.15, -0.1) is 12.4 Å². The molecule has 0 bridgehead atoms. The first kappa shape index (κ1) is 17.7. The van der Waals surface area contributed by atoms with Crippen LogP contribution in [0.1, 0.15) is 13.3 Å². The molecule has 0 aliphatic carbocycles. The average Bonchev–Trinajstić information content (AvgIpc) is 2.34. The second kappa shape index (κ2) is 8.72. The third-order valence-corrected chi connectivity index (χ3v) is 2.65. The lowest BCUT2D eigenvalue weighted by Crippen LogP contribution is -2.39. The van der Waals surface area contributed by atoms with Gasteiger partial charge >= 0.3 is 0 Å². The highest BCUT2D eigenvalue weighted by molar-refractivity contribution is 5.85. The first-order valence-electron chi connectivity index (χ1n) is 6.01. The summed E-state index contributed by atoms with van der Waals surface area (Å²) in [5, 5.41) is 2.72. The summed E-state index contributed by atoms with van der Waals surface area (Å²) in [7, 11) is 1.83. The van der Waals surface area contributed by atoms with Gasteiger partial charge in [0.15, 0.2) is 0 Å². The fourth-order valence-corrected chi connectivity index (χ4v) is 1.57. The van der Waals surface area contributed by atoms with E-state index in [-0.39, 0.29) is 24.1 Å². The molecule has 1 unspecified atom stereocenters. The molecule has 0 spiro atoms. The number of hydrogen-bond donors (Lipinski definition) is 2. The van der Waals surface area contributed by atoms with Crippen LogP contribution in [0.5, 0.6) is 0 Å². The zero-order valence-electron chi connectivity index (χ0n) is 11.2. The zero-order valence-corrected chi connectivity index (χ0v) is 12.0. The van der Waals surface area contributed by atoms with E-state index in [1.807, 2.05) is 11.9 Å². The van der Waals surface area contributed by atoms with Gasteiger partial charge in [-0.3, -0.25) is 4.79 Å². The van der Waals surface area contributed by atoms with E-state index in [4.69, 9.17) is 5.73 Å². The van der Waals surface area contributed by atoms with Crippen LogP contribution < -0.4 is 16.0 Å². The van der Waals surface area contributed by atoms with Crippen LogP contribution in [0, 0.1) is 5.82 Å². The van der Waals surface area contributed by atoms with Crippen LogP contribution in [0.25, 0.3) is 0 Å². The van der Waals surface area contributed by atoms with Crippen molar-refractivity contribution in [3.63, 3.8) is 0 Å². The lowest BCUT2D eigenvalue weighted by atomic mass is 10.2. The number of nitrogens with zero attached hydrogens (tertiary/aromatic N) is 1. The lowest BCUT2D eigenvalue weighted by molar-refractivity contribution is -0.121. The molecule has 6 heteroatoms. The Balaban J connectivity index is 0.00000324. The van der Waals surface area contributed by atoms with Crippen molar-refractivity contribution in [3.8, 4) is 0 Å². The van der Waals surface area contributed by atoms with Gasteiger partial charge in [0.05, 0.1) is 11.7 Å². The molecule has 0 fully saturated rings. The minimum absolute atomic E-state index is 0. The number of amides is 1. The number of para-hydroxylation sites is 1. The largest absolute Gasteiger partial charge is 0.372 e. The van der Waals surface area contributed by atoms with Crippen molar-refractivity contribution >= 4 is 24.0 Å². The molecule has 1 aromatic carbocycles. The van der Waals surface area contributed by atoms with E-state index in [0.29, 0.717) is 18.8 Å². The zero-order chi connectivity index (χ0) is 13.5. The number of nitrogens with two attached hydrogens (primary N) is 1. The molecule has 0 radical (unpaired) electrons. The Labute approximate surface area is 119 Å². The molecule has 4 nitrogen and oxygen atoms in total. The van der Waals surface area contributed by atoms with E-state index in [1.54, 1.807) is 25.1 Å². The standard InChI is InChI=1S/C13H20FN3O.ClH/c1-10(15)13(18)16-8-5-9-17(2)12-7-4-3-6-11(12)14;/h3-4,6-7,10H,5,8-9,15H2,1-2H3,(H,16,18);1H. The number of carbonyl (C=O) groups is 1. The van der Waals surface area contributed by atoms with Crippen molar-refractivity contribution in [3.05, 3.63) is 30.1 Å². The number of nitrogens with one attached hydrogen (secondary N) is 1. The van der Waals surface area contributed by atoms with Gasteiger partial charge in [0, 0.05) is 20.1 Å². The fourth-order valence-electron chi connectivity index (χ4n) is 1.57. The summed E-state index contributed by atoms with van der Waals surface area (Å²) in [5.41, 5.74) is 5.98. The van der Waals surface area contributed by atoms with Crippen molar-refractivity contribution in [2.45, 2.75) is 19.4 Å². The summed E-state index contributed by atoms with van der Waals surface area (Å²) < 4.78 is 13.5. The Morgan fingerprint density at radius 1 is 1.47 bits per heavy atom. The molecule has 1 rings (SSSR count). The third-order valence-electron chi connectivity index (χ3n) is 2.65. The molecule has 108 valence electrons. The number of carbonyl (C=O) groups excluding carboxylic acids is 1. The molecule has 0 aromatic heterocycles. The maximum absolute atomic E-state index is 13.5. The minimum atomic E-state index is -0.491. The maximum atomic E-state index is 13.5. The summed E-state index contributed by atoms with van der Waals surface area (Å²) >= 11 is 0. The quantitative estimate of drug-likeness (QED) is 0.781. The predicted molar refractivity (Wildman–Crippen MR) is 78.2 cm³/mol. The molecule has 0 aliphatic heterocycles. The number of anilines is 1. The van der Waals surface area contributed by atoms with Crippen molar-refractivity contribution in [1.29, 1.82) is 0 Å². The average molecular weight is 290 g/mol. The molecule has 1 atom stereocenters. The normalized spacial score (nSPS) is 11.4. The number of hydrogen-bond acceptors (Lipinski definition) is 3. The second-order valence-electron chi connectivity index (χ2n) is 4.31. The van der Waals surface area contributed by atoms with Crippen molar-refractivity contribution in [2.75, 3.05) is 25.0 Å². The van der Waals surface area contributed by atoms with E-state index < -0.39 is 6.04 Å². The Bertz CT molecular complexity index is 401. The van der Waals surface area contributed by atoms with E-state index in [9.17, 15) is 9.18 Å². The van der Waals surface area contributed by atoms with E-state index in [1.165, 1.54) is 6.07 Å². The van der Waals surface area contributed by atoms with Crippen LogP contribution in [0.4, 0.5) is 10.1 Å². The first-order chi connectivity index (χ1) is 8.52. The summed E-state index contributed by atoms with van der Waals surface area (Å²) in [6.45, 7) is 2.85. The molecular weight excluding hydrogens is 269 g/mol. The molecule has 1 amide bonds. The summed E-state index contributed by atoms with van der Waals surface area (Å²) in [5.74, 6) is -0.400. The highest BCUT2D eigenvalue weighted by Crippen LogP contribution is 2.16. The number of rotatable bonds is 6. The van der Waals surface area contributed by atoms with Gasteiger partial charge in [-0.25, -0.2) is 4.39 Å². The lowest BCUT2D eigenvalue weighted by Gasteiger charge is -2.20. The summed E-state index contributed by atoms with van der Waals surface area (Å²) in [4.78, 5) is 13.0. The Hall–Kier alpha value is -1.33. The van der Waals surface area contributed by atoms with Crippen molar-refractivity contribution in [2.24, 2.45) is 5.73 Å². The van der Waals surface area contributed by atoms with Gasteiger partial charge in [0.1, 0.15) is 5.82 Å². The number of halogens is 2. The van der Waals surface area contributed by atoms with Crippen molar-refractivity contribution in [1.82, 2.24) is 5.32 Å². The maximum Gasteiger partial charge on any atom is 0.236 e. The molecule has 0 saturated heterocycles. The Morgan fingerprint density at radius 3 is 2.68 bits per heavy atom. The minimum Gasteiger partial charge on any atom is -0.372 e. The van der Waals surface area contributed by atoms with Crippen LogP contribution in [0.3, 0.4) is 0 Å². The third kappa shape index (κ3) is 5.89. The van der Waals surface area contributed by atoms with Gasteiger partial charge in [-0.1, -0.05) is 12.1 Å². The Kier molecular flexibility index (Phi) is 8.11. The van der Waals surface area contributed by atoms with Gasteiger partial charge in [-0.2, -0.15) is 0 Å². The molecule has 0 aliphatic rings. The van der Waals surface area contributed by atoms with Crippen LogP contribution in [0.15, 0.2) is 24.3 Å². The highest BCUT2D eigenvalue weighted by atomic mass is 35.5. The predicted octanol–water partition coefficient (Wildman–Crippen LogP) is 1.54. The smallest absolute Gasteiger partial charge is 0.236 e. The molecule has 0 heterocycles. The molecular formula is C13H21ClFN3O. The molecule has 19 heavy (non-hydrogen) atoms. The second-order valence-corrected chi connectivity index (χ2v) is 4.31. The topological polar surface area (TPSA) is 58.4 Å². The van der Waals surface area contributed by atoms with Crippen LogP contribution >= 0.6 is 12.4 Å². The van der Waals surface area contributed by atoms with Crippen LogP contribution in [0.2, 0.25) is 0 Å². The van der Waals surface area contributed by atoms with Gasteiger partial charge < -0.3 is 16.0 Å². The van der Waals surface area contributed by atoms with Gasteiger partial charge in [0.25, 0.3) is 0 Å². The van der Waals surface area contributed by atoms with Gasteiger partial charge in [-0.05, 0) is 25.5 Å². The van der Waals surface area contributed by atoms with Crippen LogP contribution in [-0.2, 0) is 4.79 Å². The van der Waals surface area contributed by atoms with E-state index in [2.05, 4.69) is 5.32 Å². The van der Waals surface area contributed by atoms with Gasteiger partial charge in [0.2, 0.25) is 5.91 Å². The molecule has 3 N–H and O–H groups in total. The first-order valence-corrected chi connectivity index (χ1v) is 6.01. The summed E-state index contributed by atoms with van der Waals surface area (Å²) in [6, 6.07) is 6.14. The fraction of sp³-hybridized carbons (Fsp3) is 0.462. The van der Waals surface area contributed by atoms with E-state index in [0.717, 1.165) is 6.42 Å². The highest BCUT2D eigenvalue weighted by Gasteiger charge is 2.08. The van der Waals surface area contributed by atoms with E-state index >= 15 is 0 Å². The summed E-state index contributed by atoms with van der Waals surface area (Å²) in [6.07, 6.45) is 0.739. The van der Waals surface area contributed by atoms with Crippen molar-refractivity contribution < 1.29 is 9.18 Å². The monoisotopic (exact) mass is 289 g/mol. The molecule has 1 aromatic rings. The Morgan fingerprint density at radius 2 is 2.11 bits per heavy atom.